The van der Waals surface area contributed by atoms with E-state index in [4.69, 9.17) is 27.9 Å². The number of aliphatic carboxylic acids is 1. The summed E-state index contributed by atoms with van der Waals surface area (Å²) >= 11 is 12.4. The summed E-state index contributed by atoms with van der Waals surface area (Å²) in [6, 6.07) is 9.42. The maximum atomic E-state index is 13.2. The Morgan fingerprint density at radius 2 is 1.97 bits per heavy atom. The molecule has 1 aromatic heterocycles. The summed E-state index contributed by atoms with van der Waals surface area (Å²) in [7, 11) is 1.56. The first kappa shape index (κ1) is 27.2. The number of aliphatic hydroxyl groups is 1. The second kappa shape index (κ2) is 11.7. The van der Waals surface area contributed by atoms with Gasteiger partial charge >= 0.3 is 5.97 Å². The van der Waals surface area contributed by atoms with Gasteiger partial charge in [0.2, 0.25) is 0 Å². The van der Waals surface area contributed by atoms with Crippen molar-refractivity contribution >= 4 is 40.1 Å². The molecule has 37 heavy (non-hydrogen) atoms. The van der Waals surface area contributed by atoms with E-state index in [2.05, 4.69) is 21.7 Å². The Hall–Kier alpha value is -2.89. The molecule has 0 saturated carbocycles. The van der Waals surface area contributed by atoms with Gasteiger partial charge in [-0.1, -0.05) is 35.0 Å². The van der Waals surface area contributed by atoms with E-state index in [9.17, 15) is 19.4 Å². The normalized spacial score (nSPS) is 16.1. The lowest BCUT2D eigenvalue weighted by Crippen LogP contribution is -2.44. The van der Waals surface area contributed by atoms with Gasteiger partial charge in [0.25, 0.3) is 0 Å². The van der Waals surface area contributed by atoms with E-state index < -0.39 is 23.3 Å². The van der Waals surface area contributed by atoms with Crippen LogP contribution in [-0.2, 0) is 4.79 Å². The number of benzene rings is 2. The zero-order valence-electron chi connectivity index (χ0n) is 20.3. The summed E-state index contributed by atoms with van der Waals surface area (Å²) < 4.78 is 18.5. The standard InChI is InChI=1S/C28H27Cl2FN2O4/c1-37-20-6-7-24-21(16-20)26(23(30)17-32-24)25(34)8-9-28(27(35)36)10-13-33(14-11-28)12-2-3-18-4-5-19(31)15-22(18)29/h4-7,15-17,25,34H,8-14H2,1H3,(H,35,36). The van der Waals surface area contributed by atoms with E-state index in [0.29, 0.717) is 71.7 Å². The van der Waals surface area contributed by atoms with Crippen LogP contribution in [-0.4, -0.2) is 52.8 Å². The molecule has 0 radical (unpaired) electrons. The second-order valence-electron chi connectivity index (χ2n) is 9.24. The van der Waals surface area contributed by atoms with Crippen molar-refractivity contribution in [2.24, 2.45) is 5.41 Å². The second-order valence-corrected chi connectivity index (χ2v) is 10.1. The van der Waals surface area contributed by atoms with Gasteiger partial charge in [-0.05, 0) is 62.1 Å². The molecule has 9 heteroatoms. The summed E-state index contributed by atoms with van der Waals surface area (Å²) in [5.74, 6) is 5.33. The van der Waals surface area contributed by atoms with Crippen molar-refractivity contribution in [1.82, 2.24) is 9.88 Å². The molecule has 1 saturated heterocycles. The molecule has 4 rings (SSSR count). The maximum absolute atomic E-state index is 13.2. The number of nitrogens with zero attached hydrogens (tertiary/aromatic N) is 2. The van der Waals surface area contributed by atoms with Gasteiger partial charge in [0, 0.05) is 35.8 Å². The fourth-order valence-electron chi connectivity index (χ4n) is 4.74. The highest BCUT2D eigenvalue weighted by Crippen LogP contribution is 2.41. The number of aliphatic hydroxyl groups excluding tert-OH is 1. The molecule has 0 aliphatic carbocycles. The van der Waals surface area contributed by atoms with E-state index >= 15 is 0 Å². The van der Waals surface area contributed by atoms with Crippen molar-refractivity contribution < 1.29 is 24.1 Å². The molecule has 0 bridgehead atoms. The lowest BCUT2D eigenvalue weighted by molar-refractivity contribution is -0.153. The first-order valence-corrected chi connectivity index (χ1v) is 12.7. The number of halogens is 3. The molecule has 1 aliphatic rings. The number of rotatable bonds is 7. The number of hydrogen-bond acceptors (Lipinski definition) is 5. The van der Waals surface area contributed by atoms with Gasteiger partial charge < -0.3 is 14.9 Å². The van der Waals surface area contributed by atoms with Crippen LogP contribution in [0.15, 0.2) is 42.6 Å². The van der Waals surface area contributed by atoms with Crippen molar-refractivity contribution in [2.45, 2.75) is 31.8 Å². The fraction of sp³-hybridized carbons (Fsp3) is 0.357. The van der Waals surface area contributed by atoms with Crippen LogP contribution in [0.1, 0.15) is 42.9 Å². The largest absolute Gasteiger partial charge is 0.497 e. The summed E-state index contributed by atoms with van der Waals surface area (Å²) in [5, 5.41) is 22.5. The zero-order valence-corrected chi connectivity index (χ0v) is 21.8. The number of ether oxygens (including phenoxy) is 1. The number of methoxy groups -OCH3 is 1. The van der Waals surface area contributed by atoms with E-state index in [0.717, 1.165) is 0 Å². The topological polar surface area (TPSA) is 82.9 Å². The van der Waals surface area contributed by atoms with Crippen LogP contribution < -0.4 is 4.74 Å². The SMILES string of the molecule is COc1ccc2ncc(Cl)c(C(O)CCC3(C(=O)O)CCN(CC#Cc4ccc(F)cc4Cl)CC3)c2c1. The van der Waals surface area contributed by atoms with Crippen molar-refractivity contribution in [3.05, 3.63) is 69.6 Å². The average molecular weight is 545 g/mol. The molecular formula is C28H27Cl2FN2O4. The first-order chi connectivity index (χ1) is 17.7. The van der Waals surface area contributed by atoms with Crippen LogP contribution in [0.3, 0.4) is 0 Å². The summed E-state index contributed by atoms with van der Waals surface area (Å²) in [4.78, 5) is 18.7. The first-order valence-electron chi connectivity index (χ1n) is 11.9. The Labute approximate surface area is 225 Å². The number of carbonyl (C=O) groups is 1. The molecule has 1 aliphatic heterocycles. The van der Waals surface area contributed by atoms with Gasteiger partial charge in [-0.3, -0.25) is 14.7 Å². The maximum Gasteiger partial charge on any atom is 0.309 e. The predicted octanol–water partition coefficient (Wildman–Crippen LogP) is 5.72. The molecule has 194 valence electrons. The number of piperidine rings is 1. The highest BCUT2D eigenvalue weighted by atomic mass is 35.5. The third-order valence-corrected chi connectivity index (χ3v) is 7.64. The number of carboxylic acids is 1. The summed E-state index contributed by atoms with van der Waals surface area (Å²) in [6.07, 6.45) is 1.97. The Morgan fingerprint density at radius 1 is 1.22 bits per heavy atom. The van der Waals surface area contributed by atoms with Crippen molar-refractivity contribution in [3.63, 3.8) is 0 Å². The number of aromatic nitrogens is 1. The Bertz CT molecular complexity index is 1360. The smallest absolute Gasteiger partial charge is 0.309 e. The molecule has 1 atom stereocenters. The van der Waals surface area contributed by atoms with E-state index in [1.807, 2.05) is 0 Å². The van der Waals surface area contributed by atoms with Gasteiger partial charge in [0.15, 0.2) is 0 Å². The monoisotopic (exact) mass is 544 g/mol. The molecule has 2 aromatic carbocycles. The van der Waals surface area contributed by atoms with Gasteiger partial charge in [-0.25, -0.2) is 4.39 Å². The van der Waals surface area contributed by atoms with Gasteiger partial charge in [0.1, 0.15) is 11.6 Å². The van der Waals surface area contributed by atoms with Crippen LogP contribution in [0.25, 0.3) is 10.9 Å². The quantitative estimate of drug-likeness (QED) is 0.370. The third-order valence-electron chi connectivity index (χ3n) is 7.02. The van der Waals surface area contributed by atoms with E-state index in [1.54, 1.807) is 25.3 Å². The minimum Gasteiger partial charge on any atom is -0.497 e. The molecular weight excluding hydrogens is 518 g/mol. The number of pyridine rings is 1. The number of likely N-dealkylation sites (tertiary alicyclic amines) is 1. The molecule has 3 aromatic rings. The van der Waals surface area contributed by atoms with E-state index in [-0.39, 0.29) is 11.4 Å². The lowest BCUT2D eigenvalue weighted by Gasteiger charge is -2.38. The van der Waals surface area contributed by atoms with Crippen molar-refractivity contribution in [1.29, 1.82) is 0 Å². The fourth-order valence-corrected chi connectivity index (χ4v) is 5.23. The predicted molar refractivity (Wildman–Crippen MR) is 142 cm³/mol. The van der Waals surface area contributed by atoms with Crippen LogP contribution in [0, 0.1) is 23.1 Å². The van der Waals surface area contributed by atoms with Crippen molar-refractivity contribution in [2.75, 3.05) is 26.7 Å². The lowest BCUT2D eigenvalue weighted by atomic mass is 9.74. The van der Waals surface area contributed by atoms with Gasteiger partial charge in [-0.2, -0.15) is 0 Å². The Morgan fingerprint density at radius 3 is 2.65 bits per heavy atom. The molecule has 0 spiro atoms. The molecule has 1 fully saturated rings. The number of carboxylic acid groups (broad SMARTS) is 1. The molecule has 2 heterocycles. The number of fused-ring (bicyclic) bond motifs is 1. The van der Waals surface area contributed by atoms with Gasteiger partial charge in [0.05, 0.1) is 40.7 Å². The van der Waals surface area contributed by atoms with E-state index in [1.165, 1.54) is 24.4 Å². The summed E-state index contributed by atoms with van der Waals surface area (Å²) in [6.45, 7) is 1.57. The highest BCUT2D eigenvalue weighted by molar-refractivity contribution is 6.32. The minimum atomic E-state index is -0.953. The minimum absolute atomic E-state index is 0.241. The molecule has 6 nitrogen and oxygen atoms in total. The number of hydrogen-bond donors (Lipinski definition) is 2. The van der Waals surface area contributed by atoms with Crippen LogP contribution in [0.4, 0.5) is 4.39 Å². The average Bonchev–Trinajstić information content (AvgIpc) is 2.88. The Balaban J connectivity index is 1.41. The summed E-state index contributed by atoms with van der Waals surface area (Å²) in [5.41, 5.74) is 0.800. The molecule has 1 unspecified atom stereocenters. The zero-order chi connectivity index (χ0) is 26.6. The van der Waals surface area contributed by atoms with Crippen LogP contribution >= 0.6 is 23.2 Å². The molecule has 2 N–H and O–H groups in total. The van der Waals surface area contributed by atoms with Gasteiger partial charge in [-0.15, -0.1) is 0 Å². The third kappa shape index (κ3) is 6.16. The highest BCUT2D eigenvalue weighted by Gasteiger charge is 2.41. The Kier molecular flexibility index (Phi) is 8.56. The van der Waals surface area contributed by atoms with Crippen LogP contribution in [0.5, 0.6) is 5.75 Å². The van der Waals surface area contributed by atoms with Crippen LogP contribution in [0.2, 0.25) is 10.0 Å². The molecule has 0 amide bonds. The van der Waals surface area contributed by atoms with Crippen molar-refractivity contribution in [3.8, 4) is 17.6 Å².